The molecular weight excluding hydrogens is 202 g/mol. The summed E-state index contributed by atoms with van der Waals surface area (Å²) in [7, 11) is 0. The van der Waals surface area contributed by atoms with Gasteiger partial charge in [0.2, 0.25) is 0 Å². The van der Waals surface area contributed by atoms with Gasteiger partial charge in [-0.2, -0.15) is 0 Å². The fraction of sp³-hybridized carbons (Fsp3) is 0.538. The van der Waals surface area contributed by atoms with Crippen LogP contribution in [0, 0.1) is 12.8 Å². The minimum absolute atomic E-state index is 0.340. The first kappa shape index (κ1) is 11.3. The molecule has 1 saturated heterocycles. The van der Waals surface area contributed by atoms with Crippen LogP contribution in [-0.2, 0) is 4.74 Å². The van der Waals surface area contributed by atoms with Crippen molar-refractivity contribution in [3.63, 3.8) is 0 Å². The van der Waals surface area contributed by atoms with Gasteiger partial charge in [-0.3, -0.25) is 0 Å². The molecule has 1 fully saturated rings. The van der Waals surface area contributed by atoms with Gasteiger partial charge in [0.05, 0.1) is 5.69 Å². The highest BCUT2D eigenvalue weighted by Crippen LogP contribution is 2.25. The predicted octanol–water partition coefficient (Wildman–Crippen LogP) is 2.54. The summed E-state index contributed by atoms with van der Waals surface area (Å²) in [4.78, 5) is 0. The minimum Gasteiger partial charge on any atom is -0.506 e. The van der Waals surface area contributed by atoms with E-state index in [1.165, 1.54) is 0 Å². The lowest BCUT2D eigenvalue weighted by Gasteiger charge is -2.22. The van der Waals surface area contributed by atoms with Gasteiger partial charge in [-0.25, -0.2) is 0 Å². The number of benzene rings is 1. The Bertz CT molecular complexity index is 346. The lowest BCUT2D eigenvalue weighted by molar-refractivity contribution is 0.0699. The fourth-order valence-electron chi connectivity index (χ4n) is 2.00. The molecule has 88 valence electrons. The molecule has 0 radical (unpaired) electrons. The number of hydrogen-bond acceptors (Lipinski definition) is 3. The van der Waals surface area contributed by atoms with Crippen molar-refractivity contribution >= 4 is 5.69 Å². The molecule has 1 heterocycles. The Balaban J connectivity index is 1.88. The first-order valence-corrected chi connectivity index (χ1v) is 5.87. The van der Waals surface area contributed by atoms with Crippen LogP contribution >= 0.6 is 0 Å². The normalized spacial score (nSPS) is 17.3. The number of rotatable bonds is 3. The Hall–Kier alpha value is -1.22. The van der Waals surface area contributed by atoms with Crippen LogP contribution < -0.4 is 5.32 Å². The SMILES string of the molecule is Cc1ccc(NCC2CCOCC2)c(O)c1. The van der Waals surface area contributed by atoms with Crippen LogP contribution in [0.2, 0.25) is 0 Å². The molecule has 1 aliphatic heterocycles. The van der Waals surface area contributed by atoms with Crippen LogP contribution in [0.5, 0.6) is 5.75 Å². The minimum atomic E-state index is 0.340. The van der Waals surface area contributed by atoms with Crippen LogP contribution in [0.4, 0.5) is 5.69 Å². The molecule has 1 aromatic rings. The van der Waals surface area contributed by atoms with Crippen LogP contribution in [0.25, 0.3) is 0 Å². The first-order chi connectivity index (χ1) is 7.75. The highest BCUT2D eigenvalue weighted by atomic mass is 16.5. The molecule has 0 saturated carbocycles. The van der Waals surface area contributed by atoms with E-state index in [2.05, 4.69) is 5.32 Å². The van der Waals surface area contributed by atoms with E-state index in [4.69, 9.17) is 4.74 Å². The number of aryl methyl sites for hydroxylation is 1. The maximum atomic E-state index is 9.73. The van der Waals surface area contributed by atoms with Crippen LogP contribution in [-0.4, -0.2) is 24.9 Å². The molecule has 1 aromatic carbocycles. The van der Waals surface area contributed by atoms with Crippen molar-refractivity contribution in [2.75, 3.05) is 25.1 Å². The standard InChI is InChI=1S/C13H19NO2/c1-10-2-3-12(13(15)8-10)14-9-11-4-6-16-7-5-11/h2-3,8,11,14-15H,4-7,9H2,1H3. The van der Waals surface area contributed by atoms with Crippen molar-refractivity contribution in [3.8, 4) is 5.75 Å². The van der Waals surface area contributed by atoms with E-state index in [0.717, 1.165) is 43.9 Å². The largest absolute Gasteiger partial charge is 0.506 e. The van der Waals surface area contributed by atoms with Gasteiger partial charge in [-0.15, -0.1) is 0 Å². The highest BCUT2D eigenvalue weighted by Gasteiger charge is 2.13. The fourth-order valence-corrected chi connectivity index (χ4v) is 2.00. The molecule has 3 heteroatoms. The molecule has 0 unspecified atom stereocenters. The van der Waals surface area contributed by atoms with E-state index in [-0.39, 0.29) is 0 Å². The molecule has 0 amide bonds. The van der Waals surface area contributed by atoms with E-state index in [1.54, 1.807) is 6.07 Å². The number of aromatic hydroxyl groups is 1. The maximum Gasteiger partial charge on any atom is 0.138 e. The second-order valence-corrected chi connectivity index (χ2v) is 4.46. The zero-order valence-corrected chi connectivity index (χ0v) is 9.70. The number of nitrogens with one attached hydrogen (secondary N) is 1. The summed E-state index contributed by atoms with van der Waals surface area (Å²) in [5, 5.41) is 13.0. The monoisotopic (exact) mass is 221 g/mol. The average Bonchev–Trinajstić information content (AvgIpc) is 2.29. The second-order valence-electron chi connectivity index (χ2n) is 4.46. The van der Waals surface area contributed by atoms with Crippen molar-refractivity contribution in [2.24, 2.45) is 5.92 Å². The summed E-state index contributed by atoms with van der Waals surface area (Å²) >= 11 is 0. The van der Waals surface area contributed by atoms with Gasteiger partial charge < -0.3 is 15.2 Å². The Morgan fingerprint density at radius 3 is 2.81 bits per heavy atom. The Morgan fingerprint density at radius 2 is 2.12 bits per heavy atom. The number of anilines is 1. The van der Waals surface area contributed by atoms with E-state index in [9.17, 15) is 5.11 Å². The third kappa shape index (κ3) is 2.89. The number of hydrogen-bond donors (Lipinski definition) is 2. The van der Waals surface area contributed by atoms with Gasteiger partial charge in [-0.1, -0.05) is 6.07 Å². The summed E-state index contributed by atoms with van der Waals surface area (Å²) in [5.74, 6) is 1.00. The predicted molar refractivity (Wildman–Crippen MR) is 64.9 cm³/mol. The van der Waals surface area contributed by atoms with Crippen molar-refractivity contribution in [1.29, 1.82) is 0 Å². The molecule has 16 heavy (non-hydrogen) atoms. The molecular formula is C13H19NO2. The van der Waals surface area contributed by atoms with Gasteiger partial charge in [-0.05, 0) is 43.4 Å². The summed E-state index contributed by atoms with van der Waals surface area (Å²) in [6.45, 7) is 4.63. The van der Waals surface area contributed by atoms with Crippen LogP contribution in [0.1, 0.15) is 18.4 Å². The zero-order chi connectivity index (χ0) is 11.4. The third-order valence-corrected chi connectivity index (χ3v) is 3.08. The molecule has 1 aliphatic rings. The topological polar surface area (TPSA) is 41.5 Å². The highest BCUT2D eigenvalue weighted by molar-refractivity contribution is 5.56. The molecule has 2 N–H and O–H groups in total. The summed E-state index contributed by atoms with van der Waals surface area (Å²) < 4.78 is 5.31. The molecule has 0 aliphatic carbocycles. The number of ether oxygens (including phenoxy) is 1. The second kappa shape index (κ2) is 5.21. The molecule has 2 rings (SSSR count). The quantitative estimate of drug-likeness (QED) is 0.771. The van der Waals surface area contributed by atoms with Gasteiger partial charge in [0.1, 0.15) is 5.75 Å². The van der Waals surface area contributed by atoms with Gasteiger partial charge in [0.25, 0.3) is 0 Å². The average molecular weight is 221 g/mol. The Morgan fingerprint density at radius 1 is 1.38 bits per heavy atom. The van der Waals surface area contributed by atoms with Crippen molar-refractivity contribution in [3.05, 3.63) is 23.8 Å². The van der Waals surface area contributed by atoms with Crippen molar-refractivity contribution < 1.29 is 9.84 Å². The summed E-state index contributed by atoms with van der Waals surface area (Å²) in [6, 6.07) is 5.72. The van der Waals surface area contributed by atoms with Crippen molar-refractivity contribution in [2.45, 2.75) is 19.8 Å². The van der Waals surface area contributed by atoms with E-state index in [1.807, 2.05) is 19.1 Å². The van der Waals surface area contributed by atoms with E-state index in [0.29, 0.717) is 11.7 Å². The van der Waals surface area contributed by atoms with Gasteiger partial charge in [0.15, 0.2) is 0 Å². The van der Waals surface area contributed by atoms with Crippen LogP contribution in [0.3, 0.4) is 0 Å². The molecule has 0 spiro atoms. The summed E-state index contributed by atoms with van der Waals surface area (Å²) in [6.07, 6.45) is 2.22. The Labute approximate surface area is 96.4 Å². The van der Waals surface area contributed by atoms with Gasteiger partial charge in [0, 0.05) is 19.8 Å². The number of phenolic OH excluding ortho intramolecular Hbond substituents is 1. The molecule has 0 bridgehead atoms. The van der Waals surface area contributed by atoms with E-state index < -0.39 is 0 Å². The molecule has 0 aromatic heterocycles. The van der Waals surface area contributed by atoms with Crippen molar-refractivity contribution in [1.82, 2.24) is 0 Å². The maximum absolute atomic E-state index is 9.73. The molecule has 3 nitrogen and oxygen atoms in total. The Kier molecular flexibility index (Phi) is 3.67. The zero-order valence-electron chi connectivity index (χ0n) is 9.70. The van der Waals surface area contributed by atoms with Crippen LogP contribution in [0.15, 0.2) is 18.2 Å². The number of phenols is 1. The first-order valence-electron chi connectivity index (χ1n) is 5.87. The smallest absolute Gasteiger partial charge is 0.138 e. The lowest BCUT2D eigenvalue weighted by atomic mass is 10.0. The lowest BCUT2D eigenvalue weighted by Crippen LogP contribution is -2.22. The van der Waals surface area contributed by atoms with Gasteiger partial charge >= 0.3 is 0 Å². The van der Waals surface area contributed by atoms with E-state index >= 15 is 0 Å². The third-order valence-electron chi connectivity index (χ3n) is 3.08. The molecule has 0 atom stereocenters. The summed E-state index contributed by atoms with van der Waals surface area (Å²) in [5.41, 5.74) is 1.91.